The number of hydrogen-bond donors (Lipinski definition) is 1. The summed E-state index contributed by atoms with van der Waals surface area (Å²) in [5.74, 6) is 0.951. The number of nitrogens with two attached hydrogens (primary N) is 1. The molecule has 1 aliphatic heterocycles. The fourth-order valence-electron chi connectivity index (χ4n) is 2.73. The zero-order valence-corrected chi connectivity index (χ0v) is 12.1. The van der Waals surface area contributed by atoms with Crippen molar-refractivity contribution >= 4 is 5.82 Å². The predicted octanol–water partition coefficient (Wildman–Crippen LogP) is 1.29. The quantitative estimate of drug-likeness (QED) is 0.887. The van der Waals surface area contributed by atoms with Crippen LogP contribution in [0.15, 0.2) is 0 Å². The molecule has 0 radical (unpaired) electrons. The highest BCUT2D eigenvalue weighted by Gasteiger charge is 2.24. The Bertz CT molecular complexity index is 436. The number of aryl methyl sites for hydroxylation is 1. The summed E-state index contributed by atoms with van der Waals surface area (Å²) in [7, 11) is 0. The van der Waals surface area contributed by atoms with Crippen molar-refractivity contribution in [2.75, 3.05) is 24.7 Å². The lowest BCUT2D eigenvalue weighted by molar-refractivity contribution is 0.0983. The third-order valence-corrected chi connectivity index (χ3v) is 3.78. The van der Waals surface area contributed by atoms with E-state index in [1.807, 2.05) is 0 Å². The number of anilines is 1. The van der Waals surface area contributed by atoms with Crippen LogP contribution >= 0.6 is 0 Å². The van der Waals surface area contributed by atoms with Crippen LogP contribution in [0, 0.1) is 0 Å². The van der Waals surface area contributed by atoms with Crippen molar-refractivity contribution in [1.29, 1.82) is 0 Å². The minimum Gasteiger partial charge on any atom is -0.377 e. The molecular weight excluding hydrogens is 240 g/mol. The number of aromatic nitrogens is 2. The molecule has 0 aliphatic carbocycles. The van der Waals surface area contributed by atoms with Gasteiger partial charge in [-0.2, -0.15) is 5.10 Å². The zero-order valence-electron chi connectivity index (χ0n) is 12.1. The number of rotatable bonds is 4. The highest BCUT2D eigenvalue weighted by Crippen LogP contribution is 2.26. The minimum atomic E-state index is 0.325. The molecule has 5 nitrogen and oxygen atoms in total. The van der Waals surface area contributed by atoms with Crippen molar-refractivity contribution in [2.24, 2.45) is 5.73 Å². The lowest BCUT2D eigenvalue weighted by atomic mass is 10.0. The maximum atomic E-state index is 5.98. The Kier molecular flexibility index (Phi) is 4.71. The molecule has 2 heterocycles. The minimum absolute atomic E-state index is 0.325. The lowest BCUT2D eigenvalue weighted by Crippen LogP contribution is -2.45. The van der Waals surface area contributed by atoms with E-state index in [2.05, 4.69) is 35.9 Å². The van der Waals surface area contributed by atoms with Crippen molar-refractivity contribution in [3.05, 3.63) is 16.8 Å². The van der Waals surface area contributed by atoms with Gasteiger partial charge in [0.05, 0.1) is 24.9 Å². The Labute approximate surface area is 115 Å². The van der Waals surface area contributed by atoms with Crippen LogP contribution in [0.2, 0.25) is 0 Å². The first-order valence-corrected chi connectivity index (χ1v) is 7.14. The van der Waals surface area contributed by atoms with Gasteiger partial charge in [0, 0.05) is 18.7 Å². The van der Waals surface area contributed by atoms with Crippen molar-refractivity contribution in [3.8, 4) is 0 Å². The van der Waals surface area contributed by atoms with Gasteiger partial charge in [-0.25, -0.2) is 0 Å². The van der Waals surface area contributed by atoms with E-state index in [0.717, 1.165) is 49.7 Å². The highest BCUT2D eigenvalue weighted by atomic mass is 16.5. The van der Waals surface area contributed by atoms with Gasteiger partial charge in [-0.05, 0) is 25.3 Å². The first-order chi connectivity index (χ1) is 9.22. The molecule has 1 fully saturated rings. The molecule has 2 N–H and O–H groups in total. The smallest absolute Gasteiger partial charge is 0.156 e. The van der Waals surface area contributed by atoms with Crippen LogP contribution < -0.4 is 10.6 Å². The molecule has 0 spiro atoms. The summed E-state index contributed by atoms with van der Waals surface area (Å²) in [6.45, 7) is 9.28. The van der Waals surface area contributed by atoms with Crippen LogP contribution in [0.3, 0.4) is 0 Å². The van der Waals surface area contributed by atoms with Gasteiger partial charge in [-0.1, -0.05) is 13.8 Å². The summed E-state index contributed by atoms with van der Waals surface area (Å²) in [4.78, 5) is 2.28. The normalized spacial score (nSPS) is 19.8. The molecule has 2 rings (SSSR count). The second-order valence-corrected chi connectivity index (χ2v) is 4.96. The Morgan fingerprint density at radius 3 is 2.63 bits per heavy atom. The standard InChI is InChI=1S/C14H24N4O/c1-4-11-12(8-15)14(17-16-13(11)5-2)18-6-7-19-9-10(18)3/h10H,4-9,15H2,1-3H3. The molecule has 1 aromatic heterocycles. The summed E-state index contributed by atoms with van der Waals surface area (Å²) in [6.07, 6.45) is 1.86. The molecule has 0 saturated carbocycles. The molecule has 19 heavy (non-hydrogen) atoms. The van der Waals surface area contributed by atoms with Crippen LogP contribution in [-0.4, -0.2) is 36.0 Å². The monoisotopic (exact) mass is 264 g/mol. The second-order valence-electron chi connectivity index (χ2n) is 4.96. The maximum Gasteiger partial charge on any atom is 0.156 e. The average Bonchev–Trinajstić information content (AvgIpc) is 2.46. The number of nitrogens with zero attached hydrogens (tertiary/aromatic N) is 3. The zero-order chi connectivity index (χ0) is 13.8. The van der Waals surface area contributed by atoms with Crippen LogP contribution in [-0.2, 0) is 24.1 Å². The molecule has 1 atom stereocenters. The molecule has 1 unspecified atom stereocenters. The van der Waals surface area contributed by atoms with Crippen LogP contribution in [0.1, 0.15) is 37.6 Å². The molecule has 0 aromatic carbocycles. The average molecular weight is 264 g/mol. The van der Waals surface area contributed by atoms with E-state index in [4.69, 9.17) is 10.5 Å². The summed E-state index contributed by atoms with van der Waals surface area (Å²) in [6, 6.07) is 0.325. The van der Waals surface area contributed by atoms with Gasteiger partial charge < -0.3 is 15.4 Å². The van der Waals surface area contributed by atoms with E-state index in [-0.39, 0.29) is 0 Å². The van der Waals surface area contributed by atoms with Gasteiger partial charge in [0.1, 0.15) is 0 Å². The van der Waals surface area contributed by atoms with Gasteiger partial charge in [0.2, 0.25) is 0 Å². The van der Waals surface area contributed by atoms with Gasteiger partial charge in [-0.15, -0.1) is 5.10 Å². The topological polar surface area (TPSA) is 64.3 Å². The van der Waals surface area contributed by atoms with Gasteiger partial charge in [0.25, 0.3) is 0 Å². The van der Waals surface area contributed by atoms with E-state index in [0.29, 0.717) is 12.6 Å². The first kappa shape index (κ1) is 14.2. The summed E-state index contributed by atoms with van der Waals surface area (Å²) in [5, 5.41) is 8.84. The van der Waals surface area contributed by atoms with E-state index in [1.165, 1.54) is 5.56 Å². The number of morpholine rings is 1. The van der Waals surface area contributed by atoms with E-state index in [9.17, 15) is 0 Å². The third kappa shape index (κ3) is 2.72. The third-order valence-electron chi connectivity index (χ3n) is 3.78. The molecular formula is C14H24N4O. The SMILES string of the molecule is CCc1nnc(N2CCOCC2C)c(CN)c1CC. The number of ether oxygens (including phenoxy) is 1. The van der Waals surface area contributed by atoms with Gasteiger partial charge >= 0.3 is 0 Å². The van der Waals surface area contributed by atoms with E-state index in [1.54, 1.807) is 0 Å². The summed E-state index contributed by atoms with van der Waals surface area (Å²) >= 11 is 0. The summed E-state index contributed by atoms with van der Waals surface area (Å²) in [5.41, 5.74) is 9.48. The number of hydrogen-bond acceptors (Lipinski definition) is 5. The Balaban J connectivity index is 2.44. The van der Waals surface area contributed by atoms with Crippen molar-refractivity contribution in [2.45, 2.75) is 46.2 Å². The van der Waals surface area contributed by atoms with Crippen molar-refractivity contribution < 1.29 is 4.74 Å². The Morgan fingerprint density at radius 2 is 2.05 bits per heavy atom. The first-order valence-electron chi connectivity index (χ1n) is 7.14. The highest BCUT2D eigenvalue weighted by molar-refractivity contribution is 5.52. The molecule has 5 heteroatoms. The van der Waals surface area contributed by atoms with Crippen LogP contribution in [0.4, 0.5) is 5.82 Å². The van der Waals surface area contributed by atoms with E-state index >= 15 is 0 Å². The van der Waals surface area contributed by atoms with Gasteiger partial charge in [0.15, 0.2) is 5.82 Å². The summed E-state index contributed by atoms with van der Waals surface area (Å²) < 4.78 is 5.49. The molecule has 0 bridgehead atoms. The fourth-order valence-corrected chi connectivity index (χ4v) is 2.73. The van der Waals surface area contributed by atoms with Crippen LogP contribution in [0.25, 0.3) is 0 Å². The lowest BCUT2D eigenvalue weighted by Gasteiger charge is -2.35. The maximum absolute atomic E-state index is 5.98. The van der Waals surface area contributed by atoms with Gasteiger partial charge in [-0.3, -0.25) is 0 Å². The van der Waals surface area contributed by atoms with Crippen LogP contribution in [0.5, 0.6) is 0 Å². The largest absolute Gasteiger partial charge is 0.377 e. The van der Waals surface area contributed by atoms with Crippen molar-refractivity contribution in [1.82, 2.24) is 10.2 Å². The van der Waals surface area contributed by atoms with E-state index < -0.39 is 0 Å². The molecule has 106 valence electrons. The fraction of sp³-hybridized carbons (Fsp3) is 0.714. The van der Waals surface area contributed by atoms with Crippen molar-refractivity contribution in [3.63, 3.8) is 0 Å². The molecule has 1 saturated heterocycles. The molecule has 0 amide bonds. The molecule has 1 aliphatic rings. The molecule has 1 aromatic rings. The Hall–Kier alpha value is -1.20. The predicted molar refractivity (Wildman–Crippen MR) is 76.3 cm³/mol. The Morgan fingerprint density at radius 1 is 1.26 bits per heavy atom. The second kappa shape index (κ2) is 6.30.